The molecule has 1 atom stereocenters. The number of pyridine rings is 2. The molecule has 0 bridgehead atoms. The third-order valence-corrected chi connectivity index (χ3v) is 5.79. The summed E-state index contributed by atoms with van der Waals surface area (Å²) in [7, 11) is 0. The van der Waals surface area contributed by atoms with Crippen molar-refractivity contribution < 1.29 is 36.6 Å². The minimum absolute atomic E-state index is 0.00657. The fraction of sp³-hybridized carbons (Fsp3) is 0.318. The molecule has 12 heteroatoms. The van der Waals surface area contributed by atoms with E-state index in [1.54, 1.807) is 6.07 Å². The first-order valence-corrected chi connectivity index (χ1v) is 10.3. The molecule has 1 aromatic carbocycles. The van der Waals surface area contributed by atoms with Crippen molar-refractivity contribution in [3.05, 3.63) is 58.7 Å². The standard InChI is InChI=1S/C22H18F4N4O4/c23-16-5-11(34-22(24,25)26)1-2-12(16)19-10-32-4-3-30(19)21(31)17-6-13-14-8-33-9-15(14)20(27)29-18(13)7-28-17/h1-2,5-7,19H,3-4,8-10H2,(H2,27,29)/t19-/m0/s1. The van der Waals surface area contributed by atoms with Crippen molar-refractivity contribution >= 4 is 22.6 Å². The number of nitrogens with zero attached hydrogens (tertiary/aromatic N) is 3. The molecule has 2 aliphatic heterocycles. The molecule has 0 unspecified atom stereocenters. The van der Waals surface area contributed by atoms with E-state index in [1.165, 1.54) is 11.1 Å². The zero-order valence-corrected chi connectivity index (χ0v) is 17.6. The van der Waals surface area contributed by atoms with Crippen LogP contribution < -0.4 is 10.5 Å². The van der Waals surface area contributed by atoms with E-state index in [2.05, 4.69) is 14.7 Å². The summed E-state index contributed by atoms with van der Waals surface area (Å²) in [6, 6.07) is 3.52. The van der Waals surface area contributed by atoms with E-state index in [4.69, 9.17) is 15.2 Å². The first-order chi connectivity index (χ1) is 16.2. The number of amides is 1. The van der Waals surface area contributed by atoms with Gasteiger partial charge in [-0.15, -0.1) is 13.2 Å². The van der Waals surface area contributed by atoms with Crippen LogP contribution in [0, 0.1) is 5.82 Å². The molecule has 0 saturated carbocycles. The Bertz CT molecular complexity index is 1280. The van der Waals surface area contributed by atoms with Gasteiger partial charge in [0.25, 0.3) is 5.91 Å². The highest BCUT2D eigenvalue weighted by atomic mass is 19.4. The predicted molar refractivity (Wildman–Crippen MR) is 110 cm³/mol. The van der Waals surface area contributed by atoms with Gasteiger partial charge in [-0.05, 0) is 17.7 Å². The Morgan fingerprint density at radius 1 is 1.18 bits per heavy atom. The van der Waals surface area contributed by atoms with E-state index < -0.39 is 29.9 Å². The number of halogens is 4. The Labute approximate surface area is 190 Å². The van der Waals surface area contributed by atoms with Gasteiger partial charge in [-0.2, -0.15) is 0 Å². The predicted octanol–water partition coefficient (Wildman–Crippen LogP) is 3.49. The van der Waals surface area contributed by atoms with Crippen molar-refractivity contribution in [2.45, 2.75) is 25.6 Å². The Balaban J connectivity index is 1.47. The molecule has 0 radical (unpaired) electrons. The Kier molecular flexibility index (Phi) is 5.48. The normalized spacial score (nSPS) is 18.2. The van der Waals surface area contributed by atoms with Gasteiger partial charge in [0, 0.05) is 29.1 Å². The van der Waals surface area contributed by atoms with E-state index in [1.807, 2.05) is 0 Å². The second kappa shape index (κ2) is 8.37. The number of nitrogen functional groups attached to an aromatic ring is 1. The van der Waals surface area contributed by atoms with Crippen molar-refractivity contribution in [1.29, 1.82) is 0 Å². The zero-order chi connectivity index (χ0) is 24.0. The maximum absolute atomic E-state index is 14.8. The summed E-state index contributed by atoms with van der Waals surface area (Å²) in [5.74, 6) is -1.77. The minimum Gasteiger partial charge on any atom is -0.406 e. The second-order valence-electron chi connectivity index (χ2n) is 7.85. The zero-order valence-electron chi connectivity index (χ0n) is 17.6. The van der Waals surface area contributed by atoms with Gasteiger partial charge in [0.05, 0.1) is 44.2 Å². The number of rotatable bonds is 3. The van der Waals surface area contributed by atoms with Crippen LogP contribution in [0.4, 0.5) is 23.4 Å². The number of carbonyl (C=O) groups excluding carboxylic acids is 1. The van der Waals surface area contributed by atoms with E-state index in [0.717, 1.165) is 23.3 Å². The third kappa shape index (κ3) is 4.10. The summed E-state index contributed by atoms with van der Waals surface area (Å²) in [6.07, 6.45) is -3.51. The lowest BCUT2D eigenvalue weighted by molar-refractivity contribution is -0.274. The molecular weight excluding hydrogens is 460 g/mol. The molecule has 3 aromatic rings. The lowest BCUT2D eigenvalue weighted by atomic mass is 10.0. The number of morpholine rings is 1. The number of carbonyl (C=O) groups is 1. The number of aromatic nitrogens is 2. The highest BCUT2D eigenvalue weighted by molar-refractivity contribution is 5.97. The van der Waals surface area contributed by atoms with E-state index in [0.29, 0.717) is 36.0 Å². The molecule has 2 aromatic heterocycles. The molecule has 5 rings (SSSR count). The average Bonchev–Trinajstić information content (AvgIpc) is 3.29. The molecule has 34 heavy (non-hydrogen) atoms. The van der Waals surface area contributed by atoms with Gasteiger partial charge in [-0.1, -0.05) is 6.07 Å². The van der Waals surface area contributed by atoms with Crippen LogP contribution in [0.2, 0.25) is 0 Å². The smallest absolute Gasteiger partial charge is 0.406 e. The van der Waals surface area contributed by atoms with E-state index in [-0.39, 0.29) is 31.0 Å². The summed E-state index contributed by atoms with van der Waals surface area (Å²) in [5, 5.41) is 0.685. The molecule has 1 fully saturated rings. The van der Waals surface area contributed by atoms with Crippen LogP contribution in [0.3, 0.4) is 0 Å². The van der Waals surface area contributed by atoms with Gasteiger partial charge in [0.15, 0.2) is 0 Å². The van der Waals surface area contributed by atoms with Crippen LogP contribution in [0.15, 0.2) is 30.5 Å². The lowest BCUT2D eigenvalue weighted by Gasteiger charge is -2.36. The van der Waals surface area contributed by atoms with Crippen molar-refractivity contribution in [3.8, 4) is 5.75 Å². The van der Waals surface area contributed by atoms with Crippen LogP contribution in [0.1, 0.15) is 33.2 Å². The van der Waals surface area contributed by atoms with Crippen LogP contribution in [0.5, 0.6) is 5.75 Å². The van der Waals surface area contributed by atoms with Gasteiger partial charge in [-0.25, -0.2) is 14.4 Å². The minimum atomic E-state index is -4.95. The second-order valence-corrected chi connectivity index (χ2v) is 7.85. The number of hydrogen-bond acceptors (Lipinski definition) is 7. The van der Waals surface area contributed by atoms with Crippen LogP contribution >= 0.6 is 0 Å². The monoisotopic (exact) mass is 478 g/mol. The summed E-state index contributed by atoms with van der Waals surface area (Å²) < 4.78 is 66.8. The molecule has 0 spiro atoms. The summed E-state index contributed by atoms with van der Waals surface area (Å²) >= 11 is 0. The fourth-order valence-electron chi connectivity index (χ4n) is 4.22. The van der Waals surface area contributed by atoms with Crippen LogP contribution in [0.25, 0.3) is 10.9 Å². The highest BCUT2D eigenvalue weighted by Crippen LogP contribution is 2.34. The maximum atomic E-state index is 14.8. The summed E-state index contributed by atoms with van der Waals surface area (Å²) in [6.45, 7) is 0.984. The van der Waals surface area contributed by atoms with Gasteiger partial charge in [0.2, 0.25) is 0 Å². The molecule has 1 amide bonds. The topological polar surface area (TPSA) is 99.8 Å². The van der Waals surface area contributed by atoms with Crippen molar-refractivity contribution in [1.82, 2.24) is 14.9 Å². The number of anilines is 1. The summed E-state index contributed by atoms with van der Waals surface area (Å²) in [4.78, 5) is 23.3. The van der Waals surface area contributed by atoms with Gasteiger partial charge < -0.3 is 24.8 Å². The van der Waals surface area contributed by atoms with Gasteiger partial charge in [0.1, 0.15) is 23.1 Å². The Hall–Kier alpha value is -3.51. The molecule has 2 aliphatic rings. The molecule has 1 saturated heterocycles. The molecule has 8 nitrogen and oxygen atoms in total. The van der Waals surface area contributed by atoms with Crippen LogP contribution in [-0.4, -0.2) is 46.9 Å². The van der Waals surface area contributed by atoms with Gasteiger partial charge >= 0.3 is 6.36 Å². The maximum Gasteiger partial charge on any atom is 0.573 e. The average molecular weight is 478 g/mol. The van der Waals surface area contributed by atoms with Crippen molar-refractivity contribution in [2.75, 3.05) is 25.5 Å². The molecule has 2 N–H and O–H groups in total. The quantitative estimate of drug-likeness (QED) is 0.576. The fourth-order valence-corrected chi connectivity index (χ4v) is 4.22. The highest BCUT2D eigenvalue weighted by Gasteiger charge is 2.34. The number of benzene rings is 1. The van der Waals surface area contributed by atoms with E-state index >= 15 is 0 Å². The van der Waals surface area contributed by atoms with E-state index in [9.17, 15) is 22.4 Å². The third-order valence-electron chi connectivity index (χ3n) is 5.79. The number of nitrogens with two attached hydrogens (primary N) is 1. The molecular formula is C22H18F4N4O4. The Morgan fingerprint density at radius 2 is 1.97 bits per heavy atom. The van der Waals surface area contributed by atoms with Crippen LogP contribution in [-0.2, 0) is 22.7 Å². The Morgan fingerprint density at radius 3 is 2.74 bits per heavy atom. The molecule has 178 valence electrons. The number of ether oxygens (including phenoxy) is 3. The lowest BCUT2D eigenvalue weighted by Crippen LogP contribution is -2.44. The number of fused-ring (bicyclic) bond motifs is 3. The largest absolute Gasteiger partial charge is 0.573 e. The van der Waals surface area contributed by atoms with Crippen molar-refractivity contribution in [2.24, 2.45) is 0 Å². The first-order valence-electron chi connectivity index (χ1n) is 10.3. The van der Waals surface area contributed by atoms with Gasteiger partial charge in [-0.3, -0.25) is 4.79 Å². The van der Waals surface area contributed by atoms with Crippen molar-refractivity contribution in [3.63, 3.8) is 0 Å². The SMILES string of the molecule is Nc1nc2cnc(C(=O)N3CCOC[C@H]3c3ccc(OC(F)(F)F)cc3F)cc2c2c1COC2. The molecule has 0 aliphatic carbocycles. The number of alkyl halides is 3. The summed E-state index contributed by atoms with van der Waals surface area (Å²) in [5.41, 5.74) is 8.22. The number of hydrogen-bond donors (Lipinski definition) is 1. The molecule has 4 heterocycles. The first kappa shape index (κ1) is 22.3.